The van der Waals surface area contributed by atoms with Gasteiger partial charge in [0.2, 0.25) is 0 Å². The first-order valence-electron chi connectivity index (χ1n) is 13.4. The van der Waals surface area contributed by atoms with E-state index in [0.29, 0.717) is 12.5 Å². The van der Waals surface area contributed by atoms with E-state index in [9.17, 15) is 10.2 Å². The second kappa shape index (κ2) is 11.2. The number of nitrogens with one attached hydrogen (secondary N) is 2. The van der Waals surface area contributed by atoms with Gasteiger partial charge in [-0.2, -0.15) is 0 Å². The van der Waals surface area contributed by atoms with Crippen LogP contribution in [-0.2, 0) is 6.42 Å². The standard InChI is InChI=1S/C30H38N2O4/c1-3-25(29(33)22-10-8-19-13-15-35-26(19)17-22)32-14-12-24-16-21-9-11-23(18-27(21)36-24)30(34)28(31-4-2)20-6-5-7-20/h8-11,13,15-18,20,25,28-34H,3-7,12,14H2,1-2H3. The molecule has 1 saturated carbocycles. The Morgan fingerprint density at radius 1 is 0.889 bits per heavy atom. The summed E-state index contributed by atoms with van der Waals surface area (Å²) in [6.45, 7) is 5.71. The number of aliphatic hydroxyl groups excluding tert-OH is 2. The highest BCUT2D eigenvalue weighted by Gasteiger charge is 2.32. The van der Waals surface area contributed by atoms with Crippen LogP contribution in [0.2, 0.25) is 0 Å². The quantitative estimate of drug-likeness (QED) is 0.206. The van der Waals surface area contributed by atoms with Crippen LogP contribution in [-0.4, -0.2) is 35.4 Å². The number of hydrogen-bond acceptors (Lipinski definition) is 6. The molecule has 0 saturated heterocycles. The van der Waals surface area contributed by atoms with E-state index in [1.54, 1.807) is 6.26 Å². The van der Waals surface area contributed by atoms with E-state index in [0.717, 1.165) is 58.2 Å². The Hall–Kier alpha value is -2.64. The maximum absolute atomic E-state index is 11.1. The molecule has 5 rings (SSSR count). The number of furan rings is 2. The van der Waals surface area contributed by atoms with Gasteiger partial charge in [0.1, 0.15) is 16.9 Å². The van der Waals surface area contributed by atoms with Crippen LogP contribution in [0.4, 0.5) is 0 Å². The number of rotatable bonds is 12. The van der Waals surface area contributed by atoms with E-state index in [1.165, 1.54) is 19.3 Å². The first-order valence-corrected chi connectivity index (χ1v) is 13.4. The van der Waals surface area contributed by atoms with Crippen LogP contribution < -0.4 is 10.6 Å². The molecule has 0 bridgehead atoms. The van der Waals surface area contributed by atoms with Gasteiger partial charge in [0, 0.05) is 35.8 Å². The molecule has 1 aliphatic carbocycles. The topological polar surface area (TPSA) is 90.8 Å². The van der Waals surface area contributed by atoms with Crippen molar-refractivity contribution in [3.8, 4) is 0 Å². The van der Waals surface area contributed by atoms with Crippen molar-refractivity contribution in [3.63, 3.8) is 0 Å². The number of benzene rings is 2. The Kier molecular flexibility index (Phi) is 7.77. The Bertz CT molecular complexity index is 1270. The summed E-state index contributed by atoms with van der Waals surface area (Å²) in [5.74, 6) is 1.43. The molecule has 0 radical (unpaired) electrons. The monoisotopic (exact) mass is 490 g/mol. The largest absolute Gasteiger partial charge is 0.464 e. The first kappa shape index (κ1) is 25.0. The molecule has 192 valence electrons. The molecule has 1 aliphatic rings. The van der Waals surface area contributed by atoms with Gasteiger partial charge in [-0.3, -0.25) is 0 Å². The summed E-state index contributed by atoms with van der Waals surface area (Å²) in [6.07, 6.45) is 5.64. The molecule has 2 aromatic carbocycles. The second-order valence-electron chi connectivity index (χ2n) is 10.1. The average Bonchev–Trinajstić information content (AvgIpc) is 3.50. The van der Waals surface area contributed by atoms with Crippen molar-refractivity contribution in [2.45, 2.75) is 70.2 Å². The van der Waals surface area contributed by atoms with Crippen LogP contribution in [0.3, 0.4) is 0 Å². The summed E-state index contributed by atoms with van der Waals surface area (Å²) >= 11 is 0. The van der Waals surface area contributed by atoms with E-state index in [1.807, 2.05) is 42.5 Å². The normalized spacial score (nSPS) is 17.8. The number of aliphatic hydroxyl groups is 2. The lowest BCUT2D eigenvalue weighted by atomic mass is 9.76. The number of fused-ring (bicyclic) bond motifs is 2. The molecule has 4 N–H and O–H groups in total. The van der Waals surface area contributed by atoms with Crippen molar-refractivity contribution in [2.75, 3.05) is 13.1 Å². The predicted molar refractivity (Wildman–Crippen MR) is 143 cm³/mol. The molecule has 2 aromatic heterocycles. The fraction of sp³-hybridized carbons (Fsp3) is 0.467. The summed E-state index contributed by atoms with van der Waals surface area (Å²) in [6, 6.07) is 15.9. The highest BCUT2D eigenvalue weighted by atomic mass is 16.3. The van der Waals surface area contributed by atoms with Gasteiger partial charge < -0.3 is 29.7 Å². The van der Waals surface area contributed by atoms with E-state index in [-0.39, 0.29) is 12.1 Å². The summed E-state index contributed by atoms with van der Waals surface area (Å²) in [5.41, 5.74) is 3.35. The zero-order valence-electron chi connectivity index (χ0n) is 21.2. The molecule has 2 heterocycles. The van der Waals surface area contributed by atoms with Gasteiger partial charge in [-0.05, 0) is 67.1 Å². The van der Waals surface area contributed by atoms with Gasteiger partial charge in [-0.25, -0.2) is 0 Å². The SMILES string of the molecule is CCNC(C1CCC1)C(O)c1ccc2cc(CCNC(CC)C(O)c3ccc4ccoc4c3)oc2c1. The van der Waals surface area contributed by atoms with Gasteiger partial charge in [-0.1, -0.05) is 44.5 Å². The highest BCUT2D eigenvalue weighted by Crippen LogP contribution is 2.36. The second-order valence-corrected chi connectivity index (χ2v) is 10.1. The molecule has 1 fully saturated rings. The lowest BCUT2D eigenvalue weighted by Crippen LogP contribution is -2.43. The fourth-order valence-electron chi connectivity index (χ4n) is 5.44. The lowest BCUT2D eigenvalue weighted by molar-refractivity contribution is 0.0703. The van der Waals surface area contributed by atoms with Crippen LogP contribution in [0.15, 0.2) is 63.6 Å². The lowest BCUT2D eigenvalue weighted by Gasteiger charge is -2.37. The molecule has 6 heteroatoms. The van der Waals surface area contributed by atoms with E-state index in [4.69, 9.17) is 8.83 Å². The molecule has 6 nitrogen and oxygen atoms in total. The van der Waals surface area contributed by atoms with Crippen molar-refractivity contribution < 1.29 is 19.0 Å². The summed E-state index contributed by atoms with van der Waals surface area (Å²) < 4.78 is 11.6. The van der Waals surface area contributed by atoms with Gasteiger partial charge >= 0.3 is 0 Å². The molecule has 4 unspecified atom stereocenters. The summed E-state index contributed by atoms with van der Waals surface area (Å²) in [5, 5.41) is 31.1. The first-order chi connectivity index (χ1) is 17.6. The molecule has 0 spiro atoms. The third-order valence-corrected chi connectivity index (χ3v) is 7.79. The maximum Gasteiger partial charge on any atom is 0.134 e. The number of likely N-dealkylation sites (N-methyl/N-ethyl adjacent to an activating group) is 1. The minimum atomic E-state index is -0.621. The van der Waals surface area contributed by atoms with Crippen LogP contribution in [0.25, 0.3) is 21.9 Å². The zero-order chi connectivity index (χ0) is 25.1. The average molecular weight is 491 g/mol. The molecule has 4 atom stereocenters. The van der Waals surface area contributed by atoms with Gasteiger partial charge in [-0.15, -0.1) is 0 Å². The molecule has 36 heavy (non-hydrogen) atoms. The smallest absolute Gasteiger partial charge is 0.134 e. The molecular weight excluding hydrogens is 452 g/mol. The van der Waals surface area contributed by atoms with Gasteiger partial charge in [0.25, 0.3) is 0 Å². The third-order valence-electron chi connectivity index (χ3n) is 7.79. The molecule has 4 aromatic rings. The van der Waals surface area contributed by atoms with Crippen LogP contribution in [0.1, 0.15) is 68.6 Å². The van der Waals surface area contributed by atoms with Crippen molar-refractivity contribution in [2.24, 2.45) is 5.92 Å². The molecule has 0 aliphatic heterocycles. The van der Waals surface area contributed by atoms with Gasteiger partial charge in [0.15, 0.2) is 0 Å². The summed E-state index contributed by atoms with van der Waals surface area (Å²) in [4.78, 5) is 0. The molecule has 0 amide bonds. The summed E-state index contributed by atoms with van der Waals surface area (Å²) in [7, 11) is 0. The van der Waals surface area contributed by atoms with E-state index >= 15 is 0 Å². The van der Waals surface area contributed by atoms with Crippen molar-refractivity contribution in [1.29, 1.82) is 0 Å². The predicted octanol–water partition coefficient (Wildman–Crippen LogP) is 5.63. The highest BCUT2D eigenvalue weighted by molar-refractivity contribution is 5.79. The zero-order valence-corrected chi connectivity index (χ0v) is 21.2. The Morgan fingerprint density at radius 3 is 2.36 bits per heavy atom. The molecular formula is C30H38N2O4. The third kappa shape index (κ3) is 5.23. The van der Waals surface area contributed by atoms with Crippen molar-refractivity contribution in [1.82, 2.24) is 10.6 Å². The van der Waals surface area contributed by atoms with Crippen LogP contribution >= 0.6 is 0 Å². The minimum absolute atomic E-state index is 0.0713. The minimum Gasteiger partial charge on any atom is -0.464 e. The van der Waals surface area contributed by atoms with Gasteiger partial charge in [0.05, 0.1) is 18.5 Å². The Balaban J connectivity index is 1.21. The Morgan fingerprint density at radius 2 is 1.64 bits per heavy atom. The van der Waals surface area contributed by atoms with Crippen LogP contribution in [0.5, 0.6) is 0 Å². The Labute approximate surface area is 212 Å². The number of hydrogen-bond donors (Lipinski definition) is 4. The van der Waals surface area contributed by atoms with Crippen LogP contribution in [0, 0.1) is 5.92 Å². The van der Waals surface area contributed by atoms with E-state index < -0.39 is 12.2 Å². The van der Waals surface area contributed by atoms with Crippen molar-refractivity contribution >= 4 is 21.9 Å². The van der Waals surface area contributed by atoms with E-state index in [2.05, 4.69) is 30.5 Å². The fourth-order valence-corrected chi connectivity index (χ4v) is 5.44. The van der Waals surface area contributed by atoms with Crippen molar-refractivity contribution in [3.05, 3.63) is 71.7 Å². The maximum atomic E-state index is 11.1.